The number of rotatable bonds is 4. The Labute approximate surface area is 209 Å². The number of halogens is 1. The number of pyridine rings is 1. The minimum atomic E-state index is -0.881. The number of amides is 1. The SMILES string of the molecule is COc1c(Cl)cc(C)cc1/C(O)=C1\C(=O)C(=O)N(c2ccc(C(C)(C)C)cc2)C1c1cccnc1. The Bertz CT molecular complexity index is 1330. The van der Waals surface area contributed by atoms with Gasteiger partial charge in [-0.05, 0) is 59.4 Å². The Balaban J connectivity index is 1.95. The molecule has 0 radical (unpaired) electrons. The lowest BCUT2D eigenvalue weighted by Gasteiger charge is -2.26. The molecule has 0 spiro atoms. The number of Topliss-reactive ketones (excluding diaryl/α,β-unsaturated/α-hetero) is 1. The summed E-state index contributed by atoms with van der Waals surface area (Å²) < 4.78 is 5.42. The Morgan fingerprint density at radius 1 is 1.11 bits per heavy atom. The van der Waals surface area contributed by atoms with E-state index in [4.69, 9.17) is 16.3 Å². The molecule has 6 nitrogen and oxygen atoms in total. The molecule has 0 bridgehead atoms. The van der Waals surface area contributed by atoms with Crippen LogP contribution in [0, 0.1) is 6.92 Å². The van der Waals surface area contributed by atoms with Crippen molar-refractivity contribution in [1.29, 1.82) is 0 Å². The highest BCUT2D eigenvalue weighted by molar-refractivity contribution is 6.51. The van der Waals surface area contributed by atoms with Crippen LogP contribution in [0.1, 0.15) is 49.1 Å². The number of hydrogen-bond acceptors (Lipinski definition) is 5. The van der Waals surface area contributed by atoms with E-state index in [9.17, 15) is 14.7 Å². The number of carbonyl (C=O) groups is 2. The van der Waals surface area contributed by atoms with Crippen LogP contribution in [0.5, 0.6) is 5.75 Å². The van der Waals surface area contributed by atoms with Crippen molar-refractivity contribution in [3.63, 3.8) is 0 Å². The van der Waals surface area contributed by atoms with Crippen molar-refractivity contribution < 1.29 is 19.4 Å². The first kappa shape index (κ1) is 24.5. The number of ketones is 1. The topological polar surface area (TPSA) is 79.7 Å². The van der Waals surface area contributed by atoms with Crippen LogP contribution in [0.2, 0.25) is 5.02 Å². The molecule has 35 heavy (non-hydrogen) atoms. The largest absolute Gasteiger partial charge is 0.507 e. The quantitative estimate of drug-likeness (QED) is 0.276. The fraction of sp³-hybridized carbons (Fsp3) is 0.250. The number of anilines is 1. The second-order valence-corrected chi connectivity index (χ2v) is 9.99. The van der Waals surface area contributed by atoms with Gasteiger partial charge in [-0.15, -0.1) is 0 Å². The van der Waals surface area contributed by atoms with Gasteiger partial charge in [0.15, 0.2) is 0 Å². The van der Waals surface area contributed by atoms with Gasteiger partial charge in [-0.2, -0.15) is 0 Å². The molecule has 1 saturated heterocycles. The second kappa shape index (κ2) is 9.19. The van der Waals surface area contributed by atoms with Gasteiger partial charge in [0.25, 0.3) is 11.7 Å². The van der Waals surface area contributed by atoms with Gasteiger partial charge in [0, 0.05) is 18.1 Å². The number of nitrogens with zero attached hydrogens (tertiary/aromatic N) is 2. The maximum atomic E-state index is 13.4. The van der Waals surface area contributed by atoms with Gasteiger partial charge in [-0.1, -0.05) is 50.6 Å². The van der Waals surface area contributed by atoms with Gasteiger partial charge in [-0.3, -0.25) is 19.5 Å². The van der Waals surface area contributed by atoms with E-state index in [-0.39, 0.29) is 28.1 Å². The van der Waals surface area contributed by atoms with E-state index in [1.165, 1.54) is 12.0 Å². The molecule has 1 unspecified atom stereocenters. The number of aromatic nitrogens is 1. The summed E-state index contributed by atoms with van der Waals surface area (Å²) in [7, 11) is 1.43. The van der Waals surface area contributed by atoms with Crippen molar-refractivity contribution in [3.05, 3.63) is 93.8 Å². The highest BCUT2D eigenvalue weighted by Crippen LogP contribution is 2.44. The summed E-state index contributed by atoms with van der Waals surface area (Å²) >= 11 is 6.35. The molecule has 0 aliphatic carbocycles. The van der Waals surface area contributed by atoms with Crippen molar-refractivity contribution in [2.24, 2.45) is 0 Å². The van der Waals surface area contributed by atoms with Crippen LogP contribution in [0.3, 0.4) is 0 Å². The summed E-state index contributed by atoms with van der Waals surface area (Å²) in [6.07, 6.45) is 3.19. The first-order valence-corrected chi connectivity index (χ1v) is 11.6. The fourth-order valence-corrected chi connectivity index (χ4v) is 4.68. The number of benzene rings is 2. The van der Waals surface area contributed by atoms with E-state index in [1.54, 1.807) is 36.7 Å². The van der Waals surface area contributed by atoms with Gasteiger partial charge in [0.1, 0.15) is 11.5 Å². The maximum absolute atomic E-state index is 13.4. The predicted octanol–water partition coefficient (Wildman–Crippen LogP) is 5.98. The highest BCUT2D eigenvalue weighted by Gasteiger charge is 2.47. The van der Waals surface area contributed by atoms with Crippen LogP contribution in [0.25, 0.3) is 5.76 Å². The normalized spacial score (nSPS) is 17.7. The number of ether oxygens (including phenoxy) is 1. The molecule has 7 heteroatoms. The van der Waals surface area contributed by atoms with Gasteiger partial charge < -0.3 is 9.84 Å². The molecule has 2 aromatic carbocycles. The number of aliphatic hydroxyl groups is 1. The average Bonchev–Trinajstić information content (AvgIpc) is 3.08. The van der Waals surface area contributed by atoms with Crippen molar-refractivity contribution in [1.82, 2.24) is 4.98 Å². The van der Waals surface area contributed by atoms with Crippen LogP contribution in [-0.4, -0.2) is 28.9 Å². The third-order valence-corrected chi connectivity index (χ3v) is 6.38. The maximum Gasteiger partial charge on any atom is 0.300 e. The Kier molecular flexibility index (Phi) is 6.43. The zero-order chi connectivity index (χ0) is 25.5. The van der Waals surface area contributed by atoms with Crippen LogP contribution in [0.4, 0.5) is 5.69 Å². The minimum Gasteiger partial charge on any atom is -0.507 e. The number of methoxy groups -OCH3 is 1. The molecule has 1 atom stereocenters. The smallest absolute Gasteiger partial charge is 0.300 e. The summed E-state index contributed by atoms with van der Waals surface area (Å²) in [4.78, 5) is 32.3. The van der Waals surface area contributed by atoms with Crippen molar-refractivity contribution in [3.8, 4) is 5.75 Å². The predicted molar refractivity (Wildman–Crippen MR) is 137 cm³/mol. The summed E-state index contributed by atoms with van der Waals surface area (Å²) in [6.45, 7) is 8.12. The molecule has 1 amide bonds. The van der Waals surface area contributed by atoms with E-state index >= 15 is 0 Å². The van der Waals surface area contributed by atoms with E-state index in [0.29, 0.717) is 16.3 Å². The standard InChI is InChI=1S/C28H27ClN2O4/c1-16-13-20(26(35-5)21(29)14-16)24(32)22-23(17-7-6-12-30-15-17)31(27(34)25(22)33)19-10-8-18(9-11-19)28(2,3)4/h6-15,23,32H,1-5H3/b24-22+. The third kappa shape index (κ3) is 4.42. The number of aliphatic hydroxyl groups excluding tert-OH is 1. The molecule has 1 aromatic heterocycles. The fourth-order valence-electron chi connectivity index (χ4n) is 4.33. The van der Waals surface area contributed by atoms with Crippen molar-refractivity contribution in [2.45, 2.75) is 39.2 Å². The lowest BCUT2D eigenvalue weighted by Crippen LogP contribution is -2.29. The monoisotopic (exact) mass is 490 g/mol. The van der Waals surface area contributed by atoms with Crippen molar-refractivity contribution in [2.75, 3.05) is 12.0 Å². The van der Waals surface area contributed by atoms with Crippen LogP contribution in [-0.2, 0) is 15.0 Å². The van der Waals surface area contributed by atoms with Gasteiger partial charge in [-0.25, -0.2) is 0 Å². The molecule has 3 aromatic rings. The summed E-state index contributed by atoms with van der Waals surface area (Å²) in [6, 6.07) is 13.5. The first-order chi connectivity index (χ1) is 16.5. The first-order valence-electron chi connectivity index (χ1n) is 11.2. The molecule has 4 rings (SSSR count). The van der Waals surface area contributed by atoms with Crippen LogP contribution >= 0.6 is 11.6 Å². The molecule has 180 valence electrons. The highest BCUT2D eigenvalue weighted by atomic mass is 35.5. The molecular formula is C28H27ClN2O4. The summed E-state index contributed by atoms with van der Waals surface area (Å²) in [5, 5.41) is 11.7. The molecular weight excluding hydrogens is 464 g/mol. The third-order valence-electron chi connectivity index (χ3n) is 6.10. The number of carbonyl (C=O) groups excluding carboxylic acids is 2. The molecule has 1 aliphatic rings. The zero-order valence-corrected chi connectivity index (χ0v) is 21.1. The molecule has 2 heterocycles. The Hall–Kier alpha value is -3.64. The zero-order valence-electron chi connectivity index (χ0n) is 20.3. The minimum absolute atomic E-state index is 0.0529. The van der Waals surface area contributed by atoms with Gasteiger partial charge in [0.05, 0.1) is 29.3 Å². The van der Waals surface area contributed by atoms with Gasteiger partial charge in [0.2, 0.25) is 0 Å². The lowest BCUT2D eigenvalue weighted by molar-refractivity contribution is -0.132. The lowest BCUT2D eigenvalue weighted by atomic mass is 9.87. The average molecular weight is 491 g/mol. The Morgan fingerprint density at radius 2 is 1.80 bits per heavy atom. The van der Waals surface area contributed by atoms with E-state index in [1.807, 2.05) is 31.2 Å². The van der Waals surface area contributed by atoms with Crippen molar-refractivity contribution >= 4 is 34.7 Å². The van der Waals surface area contributed by atoms with E-state index in [0.717, 1.165) is 11.1 Å². The molecule has 1 N–H and O–H groups in total. The Morgan fingerprint density at radius 3 is 2.37 bits per heavy atom. The van der Waals surface area contributed by atoms with Gasteiger partial charge >= 0.3 is 0 Å². The van der Waals surface area contributed by atoms with Crippen LogP contribution < -0.4 is 9.64 Å². The van der Waals surface area contributed by atoms with E-state index in [2.05, 4.69) is 25.8 Å². The number of hydrogen-bond donors (Lipinski definition) is 1. The second-order valence-electron chi connectivity index (χ2n) is 9.58. The summed E-state index contributed by atoms with van der Waals surface area (Å²) in [5.41, 5.74) is 3.11. The van der Waals surface area contributed by atoms with Crippen LogP contribution in [0.15, 0.2) is 66.5 Å². The summed E-state index contributed by atoms with van der Waals surface area (Å²) in [5.74, 6) is -1.66. The number of aryl methyl sites for hydroxylation is 1. The molecule has 1 aliphatic heterocycles. The molecule has 1 fully saturated rings. The molecule has 0 saturated carbocycles. The van der Waals surface area contributed by atoms with E-state index < -0.39 is 17.7 Å².